The molecule has 0 radical (unpaired) electrons. The molecule has 0 spiro atoms. The number of quaternary nitrogens is 1. The average Bonchev–Trinajstić information content (AvgIpc) is 3.70. The highest BCUT2D eigenvalue weighted by molar-refractivity contribution is 7.47. The molecule has 0 aliphatic heterocycles. The standard InChI is InChI=1S/C77H137N2O6P/c1-6-8-10-12-14-16-18-20-22-24-26-28-30-32-34-36-38-39-41-43-45-47-49-51-53-55-57-59-61-63-65-67-69-71-77(81)78-75(74-85-86(82,83)84-73-72-79(3,4)5)76(80)70-68-66-64-62-60-58-56-54-52-50-48-46-44-42-40-37-35-33-31-29-27-25-23-21-19-17-15-13-11-9-7-2/h8,10,14,16,20,22,26,28,32,34,38-39,43,45,49,51,55,57,61,63,75-76,80H,6-7,9,11-13,15,17-19,21,23-25,27,29-31,33,35-37,40-42,44,46-48,50,52-54,56,58-60,62,64-74H2,1-5H3,(H-,78,81,82,83)/p+1/b10-8-,16-14-,22-20-,28-26-,34-32-,39-38-,45-43-,51-49-,57-55-,63-61-. The Labute approximate surface area is 533 Å². The van der Waals surface area contributed by atoms with Crippen LogP contribution < -0.4 is 5.32 Å². The van der Waals surface area contributed by atoms with Crippen LogP contribution in [0.2, 0.25) is 0 Å². The van der Waals surface area contributed by atoms with Crippen molar-refractivity contribution < 1.29 is 32.9 Å². The summed E-state index contributed by atoms with van der Waals surface area (Å²) in [6, 6.07) is -0.796. The van der Waals surface area contributed by atoms with Gasteiger partial charge in [-0.3, -0.25) is 13.8 Å². The zero-order chi connectivity index (χ0) is 62.6. The molecule has 0 bridgehead atoms. The second-order valence-corrected chi connectivity index (χ2v) is 26.7. The van der Waals surface area contributed by atoms with E-state index >= 15 is 0 Å². The minimum Gasteiger partial charge on any atom is -0.391 e. The van der Waals surface area contributed by atoms with Crippen molar-refractivity contribution in [3.8, 4) is 0 Å². The van der Waals surface area contributed by atoms with Gasteiger partial charge in [-0.05, 0) is 89.9 Å². The van der Waals surface area contributed by atoms with E-state index in [1.807, 2.05) is 21.1 Å². The number of carbonyl (C=O) groups excluding carboxylic acids is 1. The van der Waals surface area contributed by atoms with E-state index in [0.29, 0.717) is 30.3 Å². The third kappa shape index (κ3) is 68.4. The molecule has 3 N–H and O–H groups in total. The summed E-state index contributed by atoms with van der Waals surface area (Å²) < 4.78 is 23.9. The highest BCUT2D eigenvalue weighted by Crippen LogP contribution is 2.43. The maximum Gasteiger partial charge on any atom is 0.472 e. The van der Waals surface area contributed by atoms with Crippen molar-refractivity contribution in [1.29, 1.82) is 0 Å². The van der Waals surface area contributed by atoms with E-state index < -0.39 is 20.0 Å². The molecule has 0 rings (SSSR count). The number of phosphoric acid groups is 1. The maximum absolute atomic E-state index is 13.1. The molecule has 0 aliphatic rings. The molecule has 0 saturated heterocycles. The number of hydrogen-bond donors (Lipinski definition) is 3. The number of phosphoric ester groups is 1. The van der Waals surface area contributed by atoms with E-state index in [0.717, 1.165) is 96.3 Å². The molecular formula is C77H138N2O6P+. The number of carbonyl (C=O) groups is 1. The molecule has 3 unspecified atom stereocenters. The third-order valence-electron chi connectivity index (χ3n) is 15.7. The Kier molecular flexibility index (Phi) is 63.9. The largest absolute Gasteiger partial charge is 0.472 e. The number of likely N-dealkylation sites (N-methyl/N-ethyl adjacent to an activating group) is 1. The first-order valence-corrected chi connectivity index (χ1v) is 37.4. The van der Waals surface area contributed by atoms with Gasteiger partial charge in [-0.25, -0.2) is 4.57 Å². The van der Waals surface area contributed by atoms with Crippen LogP contribution in [0.4, 0.5) is 0 Å². The molecule has 9 heteroatoms. The number of amides is 1. The fourth-order valence-electron chi connectivity index (χ4n) is 10.2. The Morgan fingerprint density at radius 1 is 0.407 bits per heavy atom. The van der Waals surface area contributed by atoms with Crippen molar-refractivity contribution in [2.75, 3.05) is 40.9 Å². The minimum atomic E-state index is -4.35. The Morgan fingerprint density at radius 2 is 0.698 bits per heavy atom. The van der Waals surface area contributed by atoms with Crippen molar-refractivity contribution in [3.05, 3.63) is 122 Å². The van der Waals surface area contributed by atoms with Crippen LogP contribution in [0, 0.1) is 0 Å². The number of rotatable bonds is 65. The third-order valence-corrected chi connectivity index (χ3v) is 16.7. The van der Waals surface area contributed by atoms with Crippen molar-refractivity contribution in [2.24, 2.45) is 0 Å². The molecule has 86 heavy (non-hydrogen) atoms. The zero-order valence-electron chi connectivity index (χ0n) is 56.8. The summed E-state index contributed by atoms with van der Waals surface area (Å²) in [6.45, 7) is 4.76. The second kappa shape index (κ2) is 66.3. The van der Waals surface area contributed by atoms with Gasteiger partial charge in [0.15, 0.2) is 0 Å². The molecule has 8 nitrogen and oxygen atoms in total. The maximum atomic E-state index is 13.1. The van der Waals surface area contributed by atoms with Gasteiger partial charge in [0.25, 0.3) is 0 Å². The van der Waals surface area contributed by atoms with Crippen molar-refractivity contribution in [1.82, 2.24) is 5.32 Å². The Balaban J connectivity index is 4.16. The number of nitrogens with zero attached hydrogens (tertiary/aromatic N) is 1. The first kappa shape index (κ1) is 82.9. The molecule has 0 aliphatic carbocycles. The van der Waals surface area contributed by atoms with Gasteiger partial charge in [0.05, 0.1) is 39.9 Å². The van der Waals surface area contributed by atoms with Gasteiger partial charge < -0.3 is 19.8 Å². The zero-order valence-corrected chi connectivity index (χ0v) is 57.7. The fourth-order valence-corrected chi connectivity index (χ4v) is 10.9. The Bertz CT molecular complexity index is 1820. The monoisotopic (exact) mass is 1220 g/mol. The lowest BCUT2D eigenvalue weighted by Gasteiger charge is -2.26. The SMILES string of the molecule is CC/C=C\C/C=C\C/C=C\C/C=C\C/C=C\C/C=C\C/C=C\C/C=C\C/C=C\C/C=C\CCCCC(=O)NC(COP(=O)(O)OCC[N+](C)(C)C)C(O)CCCCCCCCCCCCCCCCCCCCCCCCCCCCCCCCC. The van der Waals surface area contributed by atoms with Gasteiger partial charge >= 0.3 is 7.82 Å². The molecule has 0 fully saturated rings. The second-order valence-electron chi connectivity index (χ2n) is 25.2. The van der Waals surface area contributed by atoms with Gasteiger partial charge in [-0.1, -0.05) is 334 Å². The van der Waals surface area contributed by atoms with Crippen molar-refractivity contribution in [2.45, 2.75) is 321 Å². The summed E-state index contributed by atoms with van der Waals surface area (Å²) in [7, 11) is 1.58. The first-order valence-electron chi connectivity index (χ1n) is 35.9. The van der Waals surface area contributed by atoms with E-state index in [4.69, 9.17) is 9.05 Å². The first-order chi connectivity index (χ1) is 42.0. The van der Waals surface area contributed by atoms with Gasteiger partial charge in [0.1, 0.15) is 13.2 Å². The van der Waals surface area contributed by atoms with Crippen LogP contribution in [0.15, 0.2) is 122 Å². The molecular weight excluding hydrogens is 1080 g/mol. The smallest absolute Gasteiger partial charge is 0.391 e. The summed E-state index contributed by atoms with van der Waals surface area (Å²) in [4.78, 5) is 23.5. The van der Waals surface area contributed by atoms with E-state index in [1.165, 1.54) is 180 Å². The number of allylic oxidation sites excluding steroid dienone is 20. The lowest BCUT2D eigenvalue weighted by atomic mass is 10.0. The summed E-state index contributed by atoms with van der Waals surface area (Å²) in [5.41, 5.74) is 0. The lowest BCUT2D eigenvalue weighted by Crippen LogP contribution is -2.46. The van der Waals surface area contributed by atoms with Crippen LogP contribution in [0.5, 0.6) is 0 Å². The van der Waals surface area contributed by atoms with Crippen LogP contribution in [0.1, 0.15) is 309 Å². The number of aliphatic hydroxyl groups excluding tert-OH is 1. The highest BCUT2D eigenvalue weighted by Gasteiger charge is 2.28. The molecule has 0 aromatic carbocycles. The number of hydrogen-bond acceptors (Lipinski definition) is 5. The van der Waals surface area contributed by atoms with Gasteiger partial charge in [0, 0.05) is 6.42 Å². The molecule has 0 saturated carbocycles. The minimum absolute atomic E-state index is 0.0599. The van der Waals surface area contributed by atoms with E-state index in [1.54, 1.807) is 0 Å². The molecule has 496 valence electrons. The highest BCUT2D eigenvalue weighted by atomic mass is 31.2. The van der Waals surface area contributed by atoms with Crippen molar-refractivity contribution in [3.63, 3.8) is 0 Å². The quantitative estimate of drug-likeness (QED) is 0.0243. The number of aliphatic hydroxyl groups is 1. The van der Waals surface area contributed by atoms with Gasteiger partial charge in [-0.2, -0.15) is 0 Å². The van der Waals surface area contributed by atoms with E-state index in [2.05, 4.69) is 141 Å². The predicted octanol–water partition coefficient (Wildman–Crippen LogP) is 23.2. The average molecular weight is 1220 g/mol. The van der Waals surface area contributed by atoms with Crippen LogP contribution in [-0.4, -0.2) is 73.4 Å². The van der Waals surface area contributed by atoms with E-state index in [9.17, 15) is 19.4 Å². The van der Waals surface area contributed by atoms with E-state index in [-0.39, 0.29) is 19.1 Å². The lowest BCUT2D eigenvalue weighted by molar-refractivity contribution is -0.870. The van der Waals surface area contributed by atoms with Crippen LogP contribution in [-0.2, 0) is 18.4 Å². The normalized spacial score (nSPS) is 14.4. The fraction of sp³-hybridized carbons (Fsp3) is 0.727. The summed E-state index contributed by atoms with van der Waals surface area (Å²) in [6.07, 6.45) is 98.8. The molecule has 0 aromatic heterocycles. The molecule has 0 aromatic rings. The van der Waals surface area contributed by atoms with Gasteiger partial charge in [-0.15, -0.1) is 0 Å². The number of nitrogens with one attached hydrogen (secondary N) is 1. The predicted molar refractivity (Wildman–Crippen MR) is 378 cm³/mol. The molecule has 3 atom stereocenters. The van der Waals surface area contributed by atoms with Crippen LogP contribution >= 0.6 is 7.82 Å². The van der Waals surface area contributed by atoms with Crippen LogP contribution in [0.3, 0.4) is 0 Å². The summed E-state index contributed by atoms with van der Waals surface area (Å²) >= 11 is 0. The number of unbranched alkanes of at least 4 members (excludes halogenated alkanes) is 32. The molecule has 0 heterocycles. The van der Waals surface area contributed by atoms with Crippen LogP contribution in [0.25, 0.3) is 0 Å². The Hall–Kier alpha value is -3.10. The summed E-state index contributed by atoms with van der Waals surface area (Å²) in [5, 5.41) is 14.1. The molecule has 1 amide bonds. The summed E-state index contributed by atoms with van der Waals surface area (Å²) in [5.74, 6) is -0.187. The van der Waals surface area contributed by atoms with Gasteiger partial charge in [0.2, 0.25) is 5.91 Å². The Morgan fingerprint density at radius 3 is 1.00 bits per heavy atom. The topological polar surface area (TPSA) is 105 Å². The van der Waals surface area contributed by atoms with Crippen molar-refractivity contribution >= 4 is 13.7 Å².